The summed E-state index contributed by atoms with van der Waals surface area (Å²) in [5, 5.41) is 9.00. The number of carboxylic acids is 1. The van der Waals surface area contributed by atoms with E-state index in [4.69, 9.17) is 5.11 Å². The molecule has 1 aliphatic heterocycles. The zero-order chi connectivity index (χ0) is 14.8. The van der Waals surface area contributed by atoms with E-state index in [-0.39, 0.29) is 0 Å². The lowest BCUT2D eigenvalue weighted by molar-refractivity contribution is 0.0696. The maximum Gasteiger partial charge on any atom is 0.335 e. The highest BCUT2D eigenvalue weighted by atomic mass is 16.4. The standard InChI is InChI=1S/C17H25NO2/c1-4-17(3)7-9-18(10-8-17)12-15-6-5-14(16(19)20)11-13(15)2/h5-6,11H,4,7-10,12H2,1-3H3,(H,19,20). The minimum absolute atomic E-state index is 0.378. The maximum absolute atomic E-state index is 10.9. The van der Waals surface area contributed by atoms with E-state index in [1.807, 2.05) is 13.0 Å². The van der Waals surface area contributed by atoms with Crippen LogP contribution in [0.3, 0.4) is 0 Å². The summed E-state index contributed by atoms with van der Waals surface area (Å²) >= 11 is 0. The summed E-state index contributed by atoms with van der Waals surface area (Å²) in [7, 11) is 0. The van der Waals surface area contributed by atoms with E-state index >= 15 is 0 Å². The molecule has 1 aromatic carbocycles. The fourth-order valence-corrected chi connectivity index (χ4v) is 2.85. The van der Waals surface area contributed by atoms with Gasteiger partial charge in [0, 0.05) is 6.54 Å². The van der Waals surface area contributed by atoms with Crippen molar-refractivity contribution < 1.29 is 9.90 Å². The van der Waals surface area contributed by atoms with Gasteiger partial charge >= 0.3 is 5.97 Å². The zero-order valence-electron chi connectivity index (χ0n) is 12.8. The van der Waals surface area contributed by atoms with E-state index in [2.05, 4.69) is 18.7 Å². The summed E-state index contributed by atoms with van der Waals surface area (Å²) in [5.74, 6) is -0.851. The van der Waals surface area contributed by atoms with Crippen molar-refractivity contribution in [3.8, 4) is 0 Å². The fraction of sp³-hybridized carbons (Fsp3) is 0.588. The zero-order valence-corrected chi connectivity index (χ0v) is 12.8. The first-order chi connectivity index (χ1) is 9.43. The minimum Gasteiger partial charge on any atom is -0.478 e. The number of piperidine rings is 1. The Hall–Kier alpha value is -1.35. The number of nitrogens with zero attached hydrogens (tertiary/aromatic N) is 1. The predicted molar refractivity (Wildman–Crippen MR) is 81.0 cm³/mol. The third kappa shape index (κ3) is 3.40. The summed E-state index contributed by atoms with van der Waals surface area (Å²) in [6.45, 7) is 9.89. The lowest BCUT2D eigenvalue weighted by Gasteiger charge is -2.39. The number of rotatable bonds is 4. The lowest BCUT2D eigenvalue weighted by Crippen LogP contribution is -2.38. The Morgan fingerprint density at radius 1 is 1.35 bits per heavy atom. The van der Waals surface area contributed by atoms with Gasteiger partial charge in [0.1, 0.15) is 0 Å². The van der Waals surface area contributed by atoms with Gasteiger partial charge in [-0.1, -0.05) is 26.3 Å². The second kappa shape index (κ2) is 5.96. The number of hydrogen-bond donors (Lipinski definition) is 1. The number of aryl methyl sites for hydroxylation is 1. The molecule has 110 valence electrons. The van der Waals surface area contributed by atoms with E-state index in [1.54, 1.807) is 12.1 Å². The topological polar surface area (TPSA) is 40.5 Å². The molecule has 0 unspecified atom stereocenters. The molecule has 0 aliphatic carbocycles. The van der Waals surface area contributed by atoms with E-state index in [1.165, 1.54) is 24.8 Å². The molecule has 0 radical (unpaired) electrons. The summed E-state index contributed by atoms with van der Waals surface area (Å²) < 4.78 is 0. The highest BCUT2D eigenvalue weighted by molar-refractivity contribution is 5.87. The average Bonchev–Trinajstić information content (AvgIpc) is 2.43. The van der Waals surface area contributed by atoms with Crippen LogP contribution in [0.15, 0.2) is 18.2 Å². The predicted octanol–water partition coefficient (Wildman–Crippen LogP) is 3.71. The molecule has 1 heterocycles. The lowest BCUT2D eigenvalue weighted by atomic mass is 9.78. The van der Waals surface area contributed by atoms with Crippen molar-refractivity contribution in [1.29, 1.82) is 0 Å². The second-order valence-electron chi connectivity index (χ2n) is 6.39. The molecule has 1 saturated heterocycles. The van der Waals surface area contributed by atoms with Gasteiger partial charge in [-0.2, -0.15) is 0 Å². The number of carbonyl (C=O) groups is 1. The quantitative estimate of drug-likeness (QED) is 0.910. The van der Waals surface area contributed by atoms with Crippen LogP contribution >= 0.6 is 0 Å². The average molecular weight is 275 g/mol. The molecule has 1 aromatic rings. The molecule has 0 atom stereocenters. The van der Waals surface area contributed by atoms with Crippen molar-refractivity contribution in [1.82, 2.24) is 4.90 Å². The molecule has 2 rings (SSSR count). The van der Waals surface area contributed by atoms with Crippen molar-refractivity contribution in [2.75, 3.05) is 13.1 Å². The van der Waals surface area contributed by atoms with E-state index in [0.29, 0.717) is 11.0 Å². The van der Waals surface area contributed by atoms with Gasteiger partial charge in [0.05, 0.1) is 5.56 Å². The van der Waals surface area contributed by atoms with Crippen LogP contribution in [-0.4, -0.2) is 29.1 Å². The van der Waals surface area contributed by atoms with Gasteiger partial charge in [0.25, 0.3) is 0 Å². The highest BCUT2D eigenvalue weighted by Gasteiger charge is 2.28. The molecule has 1 N–H and O–H groups in total. The van der Waals surface area contributed by atoms with Gasteiger partial charge in [-0.3, -0.25) is 4.90 Å². The van der Waals surface area contributed by atoms with Crippen molar-refractivity contribution in [3.63, 3.8) is 0 Å². The van der Waals surface area contributed by atoms with Crippen LogP contribution in [0.1, 0.15) is 54.6 Å². The Kier molecular flexibility index (Phi) is 4.48. The monoisotopic (exact) mass is 275 g/mol. The third-order valence-corrected chi connectivity index (χ3v) is 4.90. The maximum atomic E-state index is 10.9. The number of benzene rings is 1. The van der Waals surface area contributed by atoms with Crippen LogP contribution < -0.4 is 0 Å². The molecular formula is C17H25NO2. The first kappa shape index (κ1) is 15.0. The summed E-state index contributed by atoms with van der Waals surface area (Å²) in [4.78, 5) is 13.4. The Morgan fingerprint density at radius 3 is 2.50 bits per heavy atom. The highest BCUT2D eigenvalue weighted by Crippen LogP contribution is 2.34. The molecule has 0 spiro atoms. The number of hydrogen-bond acceptors (Lipinski definition) is 2. The number of likely N-dealkylation sites (tertiary alicyclic amines) is 1. The molecule has 3 heteroatoms. The molecule has 3 nitrogen and oxygen atoms in total. The van der Waals surface area contributed by atoms with Gasteiger partial charge < -0.3 is 5.11 Å². The Balaban J connectivity index is 2.00. The van der Waals surface area contributed by atoms with Crippen molar-refractivity contribution in [3.05, 3.63) is 34.9 Å². The third-order valence-electron chi connectivity index (χ3n) is 4.90. The van der Waals surface area contributed by atoms with Crippen LogP contribution in [0.5, 0.6) is 0 Å². The molecule has 1 fully saturated rings. The van der Waals surface area contributed by atoms with Crippen LogP contribution in [0.25, 0.3) is 0 Å². The molecule has 0 saturated carbocycles. The van der Waals surface area contributed by atoms with Gasteiger partial charge in [-0.25, -0.2) is 4.79 Å². The Labute approximate surface area is 121 Å². The first-order valence-electron chi connectivity index (χ1n) is 7.49. The second-order valence-corrected chi connectivity index (χ2v) is 6.39. The summed E-state index contributed by atoms with van der Waals surface area (Å²) in [6.07, 6.45) is 3.78. The molecule has 0 bridgehead atoms. The van der Waals surface area contributed by atoms with Crippen molar-refractivity contribution in [2.45, 2.75) is 46.6 Å². The SMILES string of the molecule is CCC1(C)CCN(Cc2ccc(C(=O)O)cc2C)CC1. The van der Waals surface area contributed by atoms with Crippen LogP contribution in [0.4, 0.5) is 0 Å². The first-order valence-corrected chi connectivity index (χ1v) is 7.49. The van der Waals surface area contributed by atoms with Gasteiger partial charge in [-0.15, -0.1) is 0 Å². The molecule has 1 aliphatic rings. The van der Waals surface area contributed by atoms with Gasteiger partial charge in [-0.05, 0) is 61.5 Å². The molecular weight excluding hydrogens is 250 g/mol. The summed E-state index contributed by atoms with van der Waals surface area (Å²) in [6, 6.07) is 5.45. The van der Waals surface area contributed by atoms with Crippen LogP contribution in [0, 0.1) is 12.3 Å². The fourth-order valence-electron chi connectivity index (χ4n) is 2.85. The Morgan fingerprint density at radius 2 is 2.00 bits per heavy atom. The Bertz CT molecular complexity index is 488. The van der Waals surface area contributed by atoms with Crippen molar-refractivity contribution in [2.24, 2.45) is 5.41 Å². The number of aromatic carboxylic acids is 1. The van der Waals surface area contributed by atoms with E-state index in [0.717, 1.165) is 25.2 Å². The van der Waals surface area contributed by atoms with Gasteiger partial charge in [0.15, 0.2) is 0 Å². The van der Waals surface area contributed by atoms with Gasteiger partial charge in [0.2, 0.25) is 0 Å². The van der Waals surface area contributed by atoms with Crippen molar-refractivity contribution >= 4 is 5.97 Å². The van der Waals surface area contributed by atoms with E-state index < -0.39 is 5.97 Å². The number of carboxylic acid groups (broad SMARTS) is 1. The van der Waals surface area contributed by atoms with Crippen LogP contribution in [-0.2, 0) is 6.54 Å². The molecule has 0 amide bonds. The molecule has 20 heavy (non-hydrogen) atoms. The smallest absolute Gasteiger partial charge is 0.335 e. The van der Waals surface area contributed by atoms with E-state index in [9.17, 15) is 4.79 Å². The largest absolute Gasteiger partial charge is 0.478 e. The normalized spacial score (nSPS) is 18.9. The van der Waals surface area contributed by atoms with Crippen LogP contribution in [0.2, 0.25) is 0 Å². The summed E-state index contributed by atoms with van der Waals surface area (Å²) in [5.41, 5.74) is 3.21. The molecule has 0 aromatic heterocycles. The minimum atomic E-state index is -0.851.